The Hall–Kier alpha value is 0.177. The highest BCUT2D eigenvalue weighted by Gasteiger charge is 2.27. The lowest BCUT2D eigenvalue weighted by Crippen LogP contribution is -2.36. The predicted molar refractivity (Wildman–Crippen MR) is 67.3 cm³/mol. The maximum absolute atomic E-state index is 6.16. The van der Waals surface area contributed by atoms with Crippen LogP contribution in [0.3, 0.4) is 0 Å². The van der Waals surface area contributed by atoms with Crippen LogP contribution in [0.15, 0.2) is 0 Å². The average molecular weight is 216 g/mol. The molecule has 0 aromatic rings. The summed E-state index contributed by atoms with van der Waals surface area (Å²) in [5.41, 5.74) is 0. The van der Waals surface area contributed by atoms with Gasteiger partial charge in [0.05, 0.1) is 0 Å². The largest absolute Gasteiger partial charge is 0.417 e. The zero-order valence-corrected chi connectivity index (χ0v) is 11.6. The summed E-state index contributed by atoms with van der Waals surface area (Å²) < 4.78 is 6.16. The average Bonchev–Trinajstić information content (AvgIpc) is 2.24. The van der Waals surface area contributed by atoms with E-state index in [1.165, 1.54) is 43.8 Å². The SMILES string of the molecule is CCCCCCO[Si](CC)(CC)CC. The zero-order chi connectivity index (χ0) is 10.9. The van der Waals surface area contributed by atoms with E-state index in [1.54, 1.807) is 0 Å². The lowest BCUT2D eigenvalue weighted by molar-refractivity contribution is 0.288. The molecule has 0 aliphatic heterocycles. The van der Waals surface area contributed by atoms with Crippen molar-refractivity contribution < 1.29 is 4.43 Å². The van der Waals surface area contributed by atoms with E-state index in [0.717, 1.165) is 6.61 Å². The van der Waals surface area contributed by atoms with Gasteiger partial charge in [-0.1, -0.05) is 47.0 Å². The number of unbranched alkanes of at least 4 members (excludes halogenated alkanes) is 3. The Bertz CT molecular complexity index is 113. The van der Waals surface area contributed by atoms with Gasteiger partial charge in [0.1, 0.15) is 0 Å². The molecule has 0 N–H and O–H groups in total. The lowest BCUT2D eigenvalue weighted by atomic mass is 10.2. The molecular formula is C12H28OSi. The molecule has 14 heavy (non-hydrogen) atoms. The molecule has 0 heterocycles. The van der Waals surface area contributed by atoms with E-state index < -0.39 is 8.32 Å². The Morgan fingerprint density at radius 2 is 1.36 bits per heavy atom. The van der Waals surface area contributed by atoms with Crippen LogP contribution in [0.4, 0.5) is 0 Å². The van der Waals surface area contributed by atoms with Crippen LogP contribution >= 0.6 is 0 Å². The maximum atomic E-state index is 6.16. The minimum absolute atomic E-state index is 1.02. The van der Waals surface area contributed by atoms with Gasteiger partial charge in [-0.25, -0.2) is 0 Å². The Kier molecular flexibility index (Phi) is 8.59. The lowest BCUT2D eigenvalue weighted by Gasteiger charge is -2.27. The number of rotatable bonds is 9. The Morgan fingerprint density at radius 3 is 1.79 bits per heavy atom. The second-order valence-electron chi connectivity index (χ2n) is 4.15. The first kappa shape index (κ1) is 14.2. The van der Waals surface area contributed by atoms with Crippen LogP contribution in [0.1, 0.15) is 53.4 Å². The van der Waals surface area contributed by atoms with Crippen molar-refractivity contribution in [3.63, 3.8) is 0 Å². The fourth-order valence-electron chi connectivity index (χ4n) is 1.87. The smallest absolute Gasteiger partial charge is 0.191 e. The first-order valence-electron chi connectivity index (χ1n) is 6.38. The molecule has 0 aliphatic rings. The van der Waals surface area contributed by atoms with Crippen LogP contribution in [0, 0.1) is 0 Å². The first-order valence-corrected chi connectivity index (χ1v) is 8.91. The van der Waals surface area contributed by atoms with Crippen molar-refractivity contribution in [1.29, 1.82) is 0 Å². The Labute approximate surface area is 91.4 Å². The van der Waals surface area contributed by atoms with E-state index in [9.17, 15) is 0 Å². The third-order valence-corrected chi connectivity index (χ3v) is 8.02. The second kappa shape index (κ2) is 8.48. The first-order chi connectivity index (χ1) is 6.74. The van der Waals surface area contributed by atoms with Crippen molar-refractivity contribution in [2.75, 3.05) is 6.61 Å². The second-order valence-corrected chi connectivity index (χ2v) is 8.93. The Morgan fingerprint density at radius 1 is 0.786 bits per heavy atom. The third kappa shape index (κ3) is 5.16. The molecule has 86 valence electrons. The predicted octanol–water partition coefficient (Wildman–Crippen LogP) is 4.59. The van der Waals surface area contributed by atoms with Crippen molar-refractivity contribution in [3.8, 4) is 0 Å². The molecule has 0 spiro atoms. The van der Waals surface area contributed by atoms with E-state index in [1.807, 2.05) is 0 Å². The normalized spacial score (nSPS) is 12.0. The molecule has 0 aliphatic carbocycles. The van der Waals surface area contributed by atoms with Crippen LogP contribution in [-0.2, 0) is 4.43 Å². The molecule has 0 aromatic heterocycles. The van der Waals surface area contributed by atoms with Crippen LogP contribution < -0.4 is 0 Å². The van der Waals surface area contributed by atoms with Gasteiger partial charge in [0.2, 0.25) is 0 Å². The fourth-order valence-corrected chi connectivity index (χ4v) is 4.56. The standard InChI is InChI=1S/C12H28OSi/c1-5-9-10-11-12-13-14(6-2,7-3)8-4/h5-12H2,1-4H3. The number of hydrogen-bond donors (Lipinski definition) is 0. The zero-order valence-electron chi connectivity index (χ0n) is 10.6. The van der Waals surface area contributed by atoms with Crippen molar-refractivity contribution in [1.82, 2.24) is 0 Å². The molecule has 0 radical (unpaired) electrons. The highest BCUT2D eigenvalue weighted by atomic mass is 28.4. The molecule has 0 atom stereocenters. The van der Waals surface area contributed by atoms with E-state index in [-0.39, 0.29) is 0 Å². The van der Waals surface area contributed by atoms with Gasteiger partial charge in [-0.2, -0.15) is 0 Å². The molecule has 0 aromatic carbocycles. The highest BCUT2D eigenvalue weighted by molar-refractivity contribution is 6.73. The molecule has 0 rings (SSSR count). The van der Waals surface area contributed by atoms with Gasteiger partial charge in [-0.05, 0) is 24.6 Å². The minimum Gasteiger partial charge on any atom is -0.417 e. The summed E-state index contributed by atoms with van der Waals surface area (Å²) in [6, 6.07) is 3.86. The van der Waals surface area contributed by atoms with E-state index in [0.29, 0.717) is 0 Å². The van der Waals surface area contributed by atoms with Crippen molar-refractivity contribution in [2.45, 2.75) is 71.5 Å². The third-order valence-electron chi connectivity index (χ3n) is 3.34. The minimum atomic E-state index is -1.28. The topological polar surface area (TPSA) is 9.23 Å². The summed E-state index contributed by atoms with van der Waals surface area (Å²) in [7, 11) is -1.28. The quantitative estimate of drug-likeness (QED) is 0.405. The van der Waals surface area contributed by atoms with Crippen molar-refractivity contribution in [2.24, 2.45) is 0 Å². The molecule has 0 amide bonds. The van der Waals surface area contributed by atoms with Crippen molar-refractivity contribution >= 4 is 8.32 Å². The summed E-state index contributed by atoms with van der Waals surface area (Å²) in [6.07, 6.45) is 5.29. The molecule has 0 saturated carbocycles. The molecule has 1 nitrogen and oxygen atoms in total. The molecule has 2 heteroatoms. The van der Waals surface area contributed by atoms with Gasteiger partial charge < -0.3 is 4.43 Å². The van der Waals surface area contributed by atoms with Crippen LogP contribution in [0.5, 0.6) is 0 Å². The van der Waals surface area contributed by atoms with Gasteiger partial charge in [0, 0.05) is 6.61 Å². The molecule has 0 saturated heterocycles. The summed E-state index contributed by atoms with van der Waals surface area (Å²) in [6.45, 7) is 10.2. The monoisotopic (exact) mass is 216 g/mol. The summed E-state index contributed by atoms with van der Waals surface area (Å²) in [5.74, 6) is 0. The maximum Gasteiger partial charge on any atom is 0.191 e. The summed E-state index contributed by atoms with van der Waals surface area (Å²) in [5, 5.41) is 0. The molecule has 0 bridgehead atoms. The summed E-state index contributed by atoms with van der Waals surface area (Å²) >= 11 is 0. The van der Waals surface area contributed by atoms with Gasteiger partial charge in [-0.15, -0.1) is 0 Å². The van der Waals surface area contributed by atoms with Crippen molar-refractivity contribution in [3.05, 3.63) is 0 Å². The van der Waals surface area contributed by atoms with Crippen LogP contribution in [0.2, 0.25) is 18.1 Å². The van der Waals surface area contributed by atoms with Crippen LogP contribution in [-0.4, -0.2) is 14.9 Å². The Balaban J connectivity index is 3.61. The fraction of sp³-hybridized carbons (Fsp3) is 1.00. The molecular weight excluding hydrogens is 188 g/mol. The summed E-state index contributed by atoms with van der Waals surface area (Å²) in [4.78, 5) is 0. The van der Waals surface area contributed by atoms with Gasteiger partial charge in [-0.3, -0.25) is 0 Å². The molecule has 0 fully saturated rings. The highest BCUT2D eigenvalue weighted by Crippen LogP contribution is 2.21. The van der Waals surface area contributed by atoms with Gasteiger partial charge >= 0.3 is 0 Å². The van der Waals surface area contributed by atoms with E-state index >= 15 is 0 Å². The van der Waals surface area contributed by atoms with Gasteiger partial charge in [0.25, 0.3) is 0 Å². The van der Waals surface area contributed by atoms with E-state index in [2.05, 4.69) is 27.7 Å². The van der Waals surface area contributed by atoms with E-state index in [4.69, 9.17) is 4.43 Å². The molecule has 0 unspecified atom stereocenters. The van der Waals surface area contributed by atoms with Crippen LogP contribution in [0.25, 0.3) is 0 Å². The van der Waals surface area contributed by atoms with Gasteiger partial charge in [0.15, 0.2) is 8.32 Å². The number of hydrogen-bond acceptors (Lipinski definition) is 1.